The van der Waals surface area contributed by atoms with Gasteiger partial charge < -0.3 is 0 Å². The summed E-state index contributed by atoms with van der Waals surface area (Å²) in [5.41, 5.74) is 29.2. The highest BCUT2D eigenvalue weighted by molar-refractivity contribution is 6.20. The summed E-state index contributed by atoms with van der Waals surface area (Å²) in [6.07, 6.45) is 0. The van der Waals surface area contributed by atoms with Gasteiger partial charge in [0.2, 0.25) is 0 Å². The standard InChI is InChI=1S/C44H27N3.C40H25N3.C34H21N3/c1-2-11-28(12-3-1)33-18-10-14-29-25-32(22-23-35(29)33)47-42-24-21-31(27-39(42)43-44(47)46-41-20-9-8-19-40(41)45-43)38-26-30-13-4-5-15-34(30)36-16-6-7-17-37(36)38;1-2-11-26(12-3-1)27-14-10-15-30(23-27)43-38-22-21-29(25-35(38)39-40(43)42-37-20-9-8-19-36(37)41-39)34-24-28-13-4-5-16-31(28)32-17-6-7-18-33(32)34;1-2-11-24(12-3-1)37-32-19-18-23(21-29(32)33-34(37)36-31-17-9-8-16-30(31)35-33)28-20-22-10-4-5-13-25(22)26-14-6-7-15-27(26)28/h1-27H;1-25H;1-21H. The van der Waals surface area contributed by atoms with Crippen molar-refractivity contribution in [2.45, 2.75) is 0 Å². The van der Waals surface area contributed by atoms with E-state index in [1.54, 1.807) is 0 Å². The summed E-state index contributed by atoms with van der Waals surface area (Å²) in [5.74, 6) is 0. The van der Waals surface area contributed by atoms with E-state index < -0.39 is 0 Å². The lowest BCUT2D eigenvalue weighted by Gasteiger charge is -2.13. The maximum absolute atomic E-state index is 5.23. The summed E-state index contributed by atoms with van der Waals surface area (Å²) in [5, 5.41) is 20.8. The molecule has 127 heavy (non-hydrogen) atoms. The highest BCUT2D eigenvalue weighted by Crippen LogP contribution is 2.45. The summed E-state index contributed by atoms with van der Waals surface area (Å²) < 4.78 is 6.77. The van der Waals surface area contributed by atoms with E-state index in [2.05, 4.69) is 378 Å². The number of hydrogen-bond donors (Lipinski definition) is 0. The third-order valence-corrected chi connectivity index (χ3v) is 25.4. The van der Waals surface area contributed by atoms with Crippen LogP contribution in [0.4, 0.5) is 0 Å². The minimum Gasteiger partial charge on any atom is -0.293 e. The predicted octanol–water partition coefficient (Wildman–Crippen LogP) is 30.6. The van der Waals surface area contributed by atoms with E-state index in [0.29, 0.717) is 0 Å². The fraction of sp³-hybridized carbons (Fsp3) is 0. The number of benzene rings is 21. The zero-order valence-corrected chi connectivity index (χ0v) is 68.7. The number of para-hydroxylation sites is 7. The van der Waals surface area contributed by atoms with Gasteiger partial charge in [0.15, 0.2) is 16.9 Å². The van der Waals surface area contributed by atoms with Crippen LogP contribution < -0.4 is 0 Å². The summed E-state index contributed by atoms with van der Waals surface area (Å²) in [6.45, 7) is 0. The average molecular weight is 1620 g/mol. The molecule has 6 aromatic heterocycles. The highest BCUT2D eigenvalue weighted by atomic mass is 15.1. The van der Waals surface area contributed by atoms with Gasteiger partial charge in [0.05, 0.1) is 49.7 Å². The van der Waals surface area contributed by atoms with Crippen LogP contribution in [0, 0.1) is 0 Å². The quantitative estimate of drug-likeness (QED) is 0.141. The lowest BCUT2D eigenvalue weighted by atomic mass is 9.93. The number of hydrogen-bond acceptors (Lipinski definition) is 6. The SMILES string of the molecule is c1ccc(-c2cccc(-n3c4ccc(-c5cc6ccccc6c6ccccc56)cc4c4nc5ccccc5nc43)c2)cc1.c1ccc(-c2cccc3cc(-n4c5ccc(-c6cc7ccccc7c7ccccc67)cc5c5nc6ccccc6nc54)ccc23)cc1.c1ccc(-n2c3ccc(-c4cc5ccccc5c5ccccc45)cc3c3nc4ccccc4nc32)cc1. The van der Waals surface area contributed by atoms with Gasteiger partial charge in [-0.25, -0.2) is 29.9 Å². The van der Waals surface area contributed by atoms with Gasteiger partial charge in [0.25, 0.3) is 0 Å². The normalized spacial score (nSPS) is 11.8. The smallest absolute Gasteiger partial charge is 0.165 e. The first-order chi connectivity index (χ1) is 63.0. The van der Waals surface area contributed by atoms with Gasteiger partial charge >= 0.3 is 0 Å². The zero-order valence-electron chi connectivity index (χ0n) is 68.7. The molecule has 0 bridgehead atoms. The number of rotatable bonds is 8. The van der Waals surface area contributed by atoms with Crippen LogP contribution in [0.2, 0.25) is 0 Å². The van der Waals surface area contributed by atoms with Crippen molar-refractivity contribution in [1.82, 2.24) is 43.6 Å². The Kier molecular flexibility index (Phi) is 17.1. The molecular formula is C118H73N9. The number of fused-ring (bicyclic) bond motifs is 22. The molecule has 0 aliphatic rings. The van der Waals surface area contributed by atoms with Crippen molar-refractivity contribution in [3.63, 3.8) is 0 Å². The van der Waals surface area contributed by atoms with Crippen molar-refractivity contribution in [1.29, 1.82) is 0 Å². The van der Waals surface area contributed by atoms with Crippen LogP contribution in [0.25, 0.3) is 247 Å². The minimum absolute atomic E-state index is 0.859. The first-order valence-electron chi connectivity index (χ1n) is 43.1. The molecule has 0 amide bonds. The van der Waals surface area contributed by atoms with Crippen LogP contribution in [-0.4, -0.2) is 43.6 Å². The van der Waals surface area contributed by atoms with Crippen molar-refractivity contribution < 1.29 is 0 Å². The second-order valence-corrected chi connectivity index (χ2v) is 32.8. The third-order valence-electron chi connectivity index (χ3n) is 25.4. The first-order valence-corrected chi connectivity index (χ1v) is 43.1. The van der Waals surface area contributed by atoms with Crippen LogP contribution in [0.5, 0.6) is 0 Å². The van der Waals surface area contributed by atoms with Gasteiger partial charge in [-0.3, -0.25) is 13.7 Å². The Bertz CT molecular complexity index is 9170. The maximum atomic E-state index is 5.23. The summed E-state index contributed by atoms with van der Waals surface area (Å²) in [7, 11) is 0. The first kappa shape index (κ1) is 72.7. The predicted molar refractivity (Wildman–Crippen MR) is 531 cm³/mol. The molecule has 6 heterocycles. The van der Waals surface area contributed by atoms with E-state index in [4.69, 9.17) is 29.9 Å². The Labute approximate surface area is 728 Å². The molecule has 21 aromatic carbocycles. The molecular weight excluding hydrogens is 1540 g/mol. The van der Waals surface area contributed by atoms with Gasteiger partial charge in [-0.15, -0.1) is 0 Å². The molecule has 27 rings (SSSR count). The molecule has 0 N–H and O–H groups in total. The van der Waals surface area contributed by atoms with Gasteiger partial charge in [-0.1, -0.05) is 315 Å². The Morgan fingerprint density at radius 1 is 0.142 bits per heavy atom. The van der Waals surface area contributed by atoms with Crippen molar-refractivity contribution in [2.24, 2.45) is 0 Å². The summed E-state index contributed by atoms with van der Waals surface area (Å²) in [4.78, 5) is 31.0. The molecule has 590 valence electrons. The third kappa shape index (κ3) is 12.3. The number of aromatic nitrogens is 9. The van der Waals surface area contributed by atoms with E-state index in [0.717, 1.165) is 116 Å². The summed E-state index contributed by atoms with van der Waals surface area (Å²) in [6, 6.07) is 157. The van der Waals surface area contributed by atoms with E-state index in [9.17, 15) is 0 Å². The Hall–Kier alpha value is -17.1. The Balaban J connectivity index is 0.000000104. The topological polar surface area (TPSA) is 92.1 Å². The van der Waals surface area contributed by atoms with Gasteiger partial charge in [-0.05, 0) is 258 Å². The van der Waals surface area contributed by atoms with Crippen molar-refractivity contribution in [3.05, 3.63) is 443 Å². The van der Waals surface area contributed by atoms with Gasteiger partial charge in [0.1, 0.15) is 16.6 Å². The summed E-state index contributed by atoms with van der Waals surface area (Å²) >= 11 is 0. The molecule has 0 spiro atoms. The molecule has 27 aromatic rings. The van der Waals surface area contributed by atoms with Crippen LogP contribution in [0.1, 0.15) is 0 Å². The van der Waals surface area contributed by atoms with E-state index >= 15 is 0 Å². The molecule has 0 saturated heterocycles. The fourth-order valence-corrected chi connectivity index (χ4v) is 19.6. The lowest BCUT2D eigenvalue weighted by molar-refractivity contribution is 1.14. The number of nitrogens with zero attached hydrogens (tertiary/aromatic N) is 9. The van der Waals surface area contributed by atoms with Crippen LogP contribution >= 0.6 is 0 Å². The second kappa shape index (κ2) is 29.9. The van der Waals surface area contributed by atoms with Crippen LogP contribution in [0.15, 0.2) is 443 Å². The van der Waals surface area contributed by atoms with Crippen molar-refractivity contribution >= 4 is 175 Å². The van der Waals surface area contributed by atoms with Crippen molar-refractivity contribution in [2.75, 3.05) is 0 Å². The second-order valence-electron chi connectivity index (χ2n) is 32.8. The van der Waals surface area contributed by atoms with E-state index in [1.807, 2.05) is 78.9 Å². The molecule has 0 saturated carbocycles. The molecule has 0 atom stereocenters. The molecule has 0 radical (unpaired) electrons. The van der Waals surface area contributed by atoms with Gasteiger partial charge in [-0.2, -0.15) is 0 Å². The Morgan fingerprint density at radius 2 is 0.441 bits per heavy atom. The monoisotopic (exact) mass is 1620 g/mol. The van der Waals surface area contributed by atoms with E-state index in [-0.39, 0.29) is 0 Å². The van der Waals surface area contributed by atoms with E-state index in [1.165, 1.54) is 131 Å². The fourth-order valence-electron chi connectivity index (χ4n) is 19.6. The lowest BCUT2D eigenvalue weighted by Crippen LogP contribution is -1.97. The minimum atomic E-state index is 0.859. The average Bonchev–Trinajstić information content (AvgIpc) is 1.60. The zero-order chi connectivity index (χ0) is 83.6. The largest absolute Gasteiger partial charge is 0.293 e. The van der Waals surface area contributed by atoms with Gasteiger partial charge in [0, 0.05) is 33.2 Å². The molecule has 9 nitrogen and oxygen atoms in total. The molecule has 0 fully saturated rings. The molecule has 0 unspecified atom stereocenters. The molecule has 0 aliphatic heterocycles. The van der Waals surface area contributed by atoms with Crippen LogP contribution in [0.3, 0.4) is 0 Å². The highest BCUT2D eigenvalue weighted by Gasteiger charge is 2.24. The maximum Gasteiger partial charge on any atom is 0.165 e. The Morgan fingerprint density at radius 3 is 0.858 bits per heavy atom. The van der Waals surface area contributed by atoms with Crippen LogP contribution in [-0.2, 0) is 0 Å². The molecule has 0 aliphatic carbocycles. The molecule has 9 heteroatoms. The van der Waals surface area contributed by atoms with Crippen molar-refractivity contribution in [3.8, 4) is 72.7 Å².